The van der Waals surface area contributed by atoms with Crippen molar-refractivity contribution in [2.24, 2.45) is 0 Å². The van der Waals surface area contributed by atoms with Crippen LogP contribution in [0.25, 0.3) is 0 Å². The zero-order valence-electron chi connectivity index (χ0n) is 10.4. The fourth-order valence-electron chi connectivity index (χ4n) is 1.93. The number of aryl methyl sites for hydroxylation is 1. The van der Waals surface area contributed by atoms with Crippen molar-refractivity contribution in [2.75, 3.05) is 6.61 Å². The largest absolute Gasteiger partial charge is 0.493 e. The van der Waals surface area contributed by atoms with E-state index in [0.29, 0.717) is 18.8 Å². The highest BCUT2D eigenvalue weighted by Gasteiger charge is 2.33. The summed E-state index contributed by atoms with van der Waals surface area (Å²) >= 11 is 0. The quantitative estimate of drug-likeness (QED) is 0.709. The van der Waals surface area contributed by atoms with Gasteiger partial charge < -0.3 is 9.47 Å². The van der Waals surface area contributed by atoms with Crippen molar-refractivity contribution >= 4 is 0 Å². The van der Waals surface area contributed by atoms with Gasteiger partial charge in [-0.15, -0.1) is 0 Å². The Bertz CT molecular complexity index is 378. The third kappa shape index (κ3) is 3.43. The van der Waals surface area contributed by atoms with Gasteiger partial charge in [-0.25, -0.2) is 4.39 Å². The maximum atomic E-state index is 13.2. The Labute approximate surface area is 102 Å². The van der Waals surface area contributed by atoms with Gasteiger partial charge in [-0.05, 0) is 49.9 Å². The van der Waals surface area contributed by atoms with E-state index in [0.717, 1.165) is 30.6 Å². The second kappa shape index (κ2) is 5.50. The fraction of sp³-hybridized carbons (Fsp3) is 0.571. The third-order valence-corrected chi connectivity index (χ3v) is 3.02. The molecule has 1 heterocycles. The van der Waals surface area contributed by atoms with Crippen LogP contribution >= 0.6 is 0 Å². The van der Waals surface area contributed by atoms with Crippen LogP contribution in [0, 0.1) is 5.82 Å². The van der Waals surface area contributed by atoms with E-state index in [-0.39, 0.29) is 5.82 Å². The summed E-state index contributed by atoms with van der Waals surface area (Å²) in [5.41, 5.74) is 0.946. The lowest BCUT2D eigenvalue weighted by molar-refractivity contribution is 0.312. The number of hydrogen-bond acceptors (Lipinski definition) is 2. The molecule has 1 aromatic carbocycles. The summed E-state index contributed by atoms with van der Waals surface area (Å²) < 4.78 is 24.2. The second-order valence-corrected chi connectivity index (χ2v) is 4.52. The van der Waals surface area contributed by atoms with Crippen LogP contribution < -0.4 is 4.74 Å². The maximum absolute atomic E-state index is 13.2. The van der Waals surface area contributed by atoms with Crippen LogP contribution in [0.2, 0.25) is 0 Å². The summed E-state index contributed by atoms with van der Waals surface area (Å²) in [7, 11) is 0. The summed E-state index contributed by atoms with van der Waals surface area (Å²) in [6, 6.07) is 4.74. The van der Waals surface area contributed by atoms with Crippen molar-refractivity contribution in [1.82, 2.24) is 0 Å². The molecule has 94 valence electrons. The van der Waals surface area contributed by atoms with Crippen LogP contribution in [-0.2, 0) is 11.2 Å². The molecule has 3 heteroatoms. The summed E-state index contributed by atoms with van der Waals surface area (Å²) in [5, 5.41) is 0. The van der Waals surface area contributed by atoms with E-state index in [1.165, 1.54) is 6.07 Å². The first kappa shape index (κ1) is 12.4. The molecule has 17 heavy (non-hydrogen) atoms. The molecule has 0 N–H and O–H groups in total. The highest BCUT2D eigenvalue weighted by Crippen LogP contribution is 2.28. The third-order valence-electron chi connectivity index (χ3n) is 3.02. The smallest absolute Gasteiger partial charge is 0.123 e. The van der Waals surface area contributed by atoms with Crippen LogP contribution in [0.1, 0.15) is 32.3 Å². The minimum Gasteiger partial charge on any atom is -0.493 e. The summed E-state index contributed by atoms with van der Waals surface area (Å²) in [6.45, 7) is 4.79. The van der Waals surface area contributed by atoms with Crippen LogP contribution in [0.15, 0.2) is 18.2 Å². The molecule has 1 aliphatic heterocycles. The molecule has 0 spiro atoms. The second-order valence-electron chi connectivity index (χ2n) is 4.52. The monoisotopic (exact) mass is 238 g/mol. The molecule has 2 unspecified atom stereocenters. The predicted molar refractivity (Wildman–Crippen MR) is 64.8 cm³/mol. The normalized spacial score (nSPS) is 22.5. The van der Waals surface area contributed by atoms with Crippen molar-refractivity contribution in [3.63, 3.8) is 0 Å². The van der Waals surface area contributed by atoms with Crippen molar-refractivity contribution in [1.29, 1.82) is 0 Å². The van der Waals surface area contributed by atoms with Gasteiger partial charge in [-0.1, -0.05) is 6.92 Å². The van der Waals surface area contributed by atoms with E-state index in [9.17, 15) is 4.39 Å². The standard InChI is InChI=1S/C14H19FO2/c1-3-8-16-14-7-5-12(15)9-11(14)4-6-13-10(2)17-13/h5,7,9-10,13H,3-4,6,8H2,1-2H3. The summed E-state index contributed by atoms with van der Waals surface area (Å²) in [4.78, 5) is 0. The van der Waals surface area contributed by atoms with Crippen LogP contribution in [-0.4, -0.2) is 18.8 Å². The molecule has 1 aromatic rings. The van der Waals surface area contributed by atoms with Gasteiger partial charge in [-0.2, -0.15) is 0 Å². The molecule has 0 bridgehead atoms. The molecule has 1 saturated heterocycles. The Balaban J connectivity index is 1.98. The van der Waals surface area contributed by atoms with Crippen molar-refractivity contribution in [2.45, 2.75) is 45.3 Å². The SMILES string of the molecule is CCCOc1ccc(F)cc1CCC1OC1C. The lowest BCUT2D eigenvalue weighted by Crippen LogP contribution is -2.01. The Hall–Kier alpha value is -1.09. The Kier molecular flexibility index (Phi) is 4.00. The average Bonchev–Trinajstić information content (AvgIpc) is 3.01. The van der Waals surface area contributed by atoms with Gasteiger partial charge in [-0.3, -0.25) is 0 Å². The van der Waals surface area contributed by atoms with Gasteiger partial charge in [0.25, 0.3) is 0 Å². The van der Waals surface area contributed by atoms with Gasteiger partial charge >= 0.3 is 0 Å². The first-order valence-corrected chi connectivity index (χ1v) is 6.27. The summed E-state index contributed by atoms with van der Waals surface area (Å²) in [5.74, 6) is 0.607. The molecular weight excluding hydrogens is 219 g/mol. The van der Waals surface area contributed by atoms with Crippen LogP contribution in [0.3, 0.4) is 0 Å². The van der Waals surface area contributed by atoms with Crippen LogP contribution in [0.5, 0.6) is 5.75 Å². The Morgan fingerprint density at radius 3 is 2.82 bits per heavy atom. The van der Waals surface area contributed by atoms with Crippen molar-refractivity contribution in [3.05, 3.63) is 29.6 Å². The lowest BCUT2D eigenvalue weighted by atomic mass is 10.1. The highest BCUT2D eigenvalue weighted by molar-refractivity contribution is 5.34. The molecule has 2 atom stereocenters. The lowest BCUT2D eigenvalue weighted by Gasteiger charge is -2.10. The Morgan fingerprint density at radius 1 is 1.41 bits per heavy atom. The molecule has 2 rings (SSSR count). The van der Waals surface area contributed by atoms with E-state index in [1.54, 1.807) is 12.1 Å². The summed E-state index contributed by atoms with van der Waals surface area (Å²) in [6.07, 6.45) is 3.42. The zero-order valence-corrected chi connectivity index (χ0v) is 10.4. The molecular formula is C14H19FO2. The molecule has 2 nitrogen and oxygen atoms in total. The van der Waals surface area contributed by atoms with Gasteiger partial charge in [0.1, 0.15) is 11.6 Å². The number of epoxide rings is 1. The minimum absolute atomic E-state index is 0.200. The molecule has 0 amide bonds. The average molecular weight is 238 g/mol. The molecule has 0 radical (unpaired) electrons. The van der Waals surface area contributed by atoms with E-state index >= 15 is 0 Å². The van der Waals surface area contributed by atoms with E-state index in [1.807, 2.05) is 0 Å². The fourth-order valence-corrected chi connectivity index (χ4v) is 1.93. The highest BCUT2D eigenvalue weighted by atomic mass is 19.1. The van der Waals surface area contributed by atoms with Gasteiger partial charge in [0.05, 0.1) is 18.8 Å². The molecule has 0 aliphatic carbocycles. The number of benzene rings is 1. The van der Waals surface area contributed by atoms with E-state index in [4.69, 9.17) is 9.47 Å². The number of hydrogen-bond donors (Lipinski definition) is 0. The number of halogens is 1. The molecule has 1 fully saturated rings. The number of rotatable bonds is 6. The topological polar surface area (TPSA) is 21.8 Å². The first-order chi connectivity index (χ1) is 8.20. The Morgan fingerprint density at radius 2 is 2.18 bits per heavy atom. The number of ether oxygens (including phenoxy) is 2. The van der Waals surface area contributed by atoms with Crippen LogP contribution in [0.4, 0.5) is 4.39 Å². The van der Waals surface area contributed by atoms with Gasteiger partial charge in [0.15, 0.2) is 0 Å². The van der Waals surface area contributed by atoms with E-state index in [2.05, 4.69) is 13.8 Å². The maximum Gasteiger partial charge on any atom is 0.123 e. The zero-order chi connectivity index (χ0) is 12.3. The van der Waals surface area contributed by atoms with Crippen molar-refractivity contribution in [3.8, 4) is 5.75 Å². The minimum atomic E-state index is -0.200. The predicted octanol–water partition coefficient (Wildman–Crippen LogP) is 3.33. The van der Waals surface area contributed by atoms with Crippen molar-refractivity contribution < 1.29 is 13.9 Å². The van der Waals surface area contributed by atoms with E-state index < -0.39 is 0 Å². The van der Waals surface area contributed by atoms with Gasteiger partial charge in [0, 0.05) is 0 Å². The molecule has 1 aliphatic rings. The molecule has 0 saturated carbocycles. The van der Waals surface area contributed by atoms with Gasteiger partial charge in [0.2, 0.25) is 0 Å². The first-order valence-electron chi connectivity index (χ1n) is 6.27. The molecule has 0 aromatic heterocycles.